The van der Waals surface area contributed by atoms with Gasteiger partial charge in [-0.25, -0.2) is 9.87 Å². The lowest BCUT2D eigenvalue weighted by atomic mass is 10.1. The van der Waals surface area contributed by atoms with Gasteiger partial charge in [-0.15, -0.1) is 0 Å². The molecule has 3 rings (SSSR count). The molecule has 0 atom stereocenters. The maximum Gasteiger partial charge on any atom is 0.261 e. The third-order valence-electron chi connectivity index (χ3n) is 4.05. The number of rotatable bonds is 6. The van der Waals surface area contributed by atoms with Crippen LogP contribution in [-0.4, -0.2) is 36.0 Å². The molecule has 0 spiro atoms. The van der Waals surface area contributed by atoms with Crippen LogP contribution in [0.4, 0.5) is 15.9 Å². The number of pyridine rings is 2. The van der Waals surface area contributed by atoms with E-state index in [0.29, 0.717) is 30.3 Å². The Hall–Kier alpha value is -3.14. The van der Waals surface area contributed by atoms with Gasteiger partial charge in [0.15, 0.2) is 6.29 Å². The van der Waals surface area contributed by atoms with Gasteiger partial charge in [0.25, 0.3) is 5.56 Å². The smallest absolute Gasteiger partial charge is 0.261 e. The number of carbonyl (C=O) groups excluding carboxylic acids is 1. The van der Waals surface area contributed by atoms with E-state index >= 15 is 0 Å². The predicted molar refractivity (Wildman–Crippen MR) is 122 cm³/mol. The molecule has 4 N–H and O–H groups in total. The Kier molecular flexibility index (Phi) is 11.0. The summed E-state index contributed by atoms with van der Waals surface area (Å²) in [6.07, 6.45) is 2.12. The number of nitrogens with zero attached hydrogens (tertiary/aromatic N) is 2. The minimum atomic E-state index is -0.463. The summed E-state index contributed by atoms with van der Waals surface area (Å²) in [5, 5.41) is 3.18. The summed E-state index contributed by atoms with van der Waals surface area (Å²) in [5.41, 5.74) is 8.69. The number of nitrogens with two attached hydrogens (primary N) is 1. The molecule has 0 unspecified atom stereocenters. The highest BCUT2D eigenvalue weighted by Crippen LogP contribution is 2.25. The lowest BCUT2D eigenvalue weighted by molar-refractivity contribution is 0.0641. The van der Waals surface area contributed by atoms with Crippen LogP contribution in [0.1, 0.15) is 29.8 Å². The van der Waals surface area contributed by atoms with Crippen molar-refractivity contribution in [3.8, 4) is 0 Å². The maximum absolute atomic E-state index is 14.1. The molecule has 168 valence electrons. The zero-order chi connectivity index (χ0) is 23.4. The van der Waals surface area contributed by atoms with Gasteiger partial charge in [-0.05, 0) is 36.8 Å². The molecule has 3 aromatic rings. The largest absolute Gasteiger partial charge is 0.339 e. The molecule has 0 bridgehead atoms. The Morgan fingerprint density at radius 3 is 2.55 bits per heavy atom. The van der Waals surface area contributed by atoms with Gasteiger partial charge >= 0.3 is 0 Å². The van der Waals surface area contributed by atoms with Gasteiger partial charge in [-0.2, -0.15) is 0 Å². The molecule has 0 fully saturated rings. The number of halogens is 1. The van der Waals surface area contributed by atoms with Crippen molar-refractivity contribution in [2.24, 2.45) is 12.8 Å². The molecule has 0 amide bonds. The molecule has 0 aliphatic rings. The van der Waals surface area contributed by atoms with E-state index in [1.54, 1.807) is 38.2 Å². The summed E-state index contributed by atoms with van der Waals surface area (Å²) in [4.78, 5) is 32.7. The van der Waals surface area contributed by atoms with E-state index in [9.17, 15) is 14.0 Å². The van der Waals surface area contributed by atoms with Crippen LogP contribution in [0.25, 0.3) is 10.9 Å². The van der Waals surface area contributed by atoms with Gasteiger partial charge in [0.1, 0.15) is 11.6 Å². The van der Waals surface area contributed by atoms with Crippen molar-refractivity contribution >= 4 is 28.7 Å². The highest BCUT2D eigenvalue weighted by Gasteiger charge is 2.16. The van der Waals surface area contributed by atoms with Gasteiger partial charge in [0, 0.05) is 26.8 Å². The van der Waals surface area contributed by atoms with E-state index in [1.807, 2.05) is 13.8 Å². The van der Waals surface area contributed by atoms with Crippen molar-refractivity contribution < 1.29 is 14.0 Å². The van der Waals surface area contributed by atoms with Crippen LogP contribution in [-0.2, 0) is 11.9 Å². The van der Waals surface area contributed by atoms with Crippen molar-refractivity contribution in [2.75, 3.05) is 25.5 Å². The minimum Gasteiger partial charge on any atom is -0.339 e. The lowest BCUT2D eigenvalue weighted by Gasteiger charge is -2.15. The fourth-order valence-corrected chi connectivity index (χ4v) is 2.64. The number of aromatic nitrogens is 2. The number of nitrogens with one attached hydrogen (secondary N) is 2. The van der Waals surface area contributed by atoms with Gasteiger partial charge in [0.05, 0.1) is 28.8 Å². The maximum atomic E-state index is 14.1. The normalized spacial score (nSPS) is 9.90. The first-order chi connectivity index (χ1) is 14.9. The molecule has 1 aromatic carbocycles. The number of aryl methyl sites for hydroxylation is 1. The number of benzene rings is 1. The summed E-state index contributed by atoms with van der Waals surface area (Å²) in [5.74, 6) is -0.255. The Morgan fingerprint density at radius 1 is 1.29 bits per heavy atom. The van der Waals surface area contributed by atoms with E-state index in [-0.39, 0.29) is 22.6 Å². The Morgan fingerprint density at radius 2 is 2.00 bits per heavy atom. The topological polar surface area (TPSA) is 111 Å². The standard InChI is InChI=1S/C17H14FN3O2.C3H10N2O.C2H6/c1-10-5-6-14(13(18)8-10)20-16-12(9-22)15-11(4-3-7-19-15)17(23)21(16)2;1-5-6-3-2-4;1-2/h3-9,20H,1-2H3;5H,2-4H2,1H3;1-2H3. The second-order valence-electron chi connectivity index (χ2n) is 6.09. The first kappa shape index (κ1) is 25.9. The summed E-state index contributed by atoms with van der Waals surface area (Å²) in [7, 11) is 3.23. The van der Waals surface area contributed by atoms with Crippen molar-refractivity contribution in [1.82, 2.24) is 15.0 Å². The summed E-state index contributed by atoms with van der Waals surface area (Å²) < 4.78 is 15.3. The number of aldehydes is 1. The molecule has 8 nitrogen and oxygen atoms in total. The fraction of sp³-hybridized carbons (Fsp3) is 0.318. The van der Waals surface area contributed by atoms with Crippen molar-refractivity contribution in [2.45, 2.75) is 20.8 Å². The van der Waals surface area contributed by atoms with Crippen molar-refractivity contribution in [3.63, 3.8) is 0 Å². The van der Waals surface area contributed by atoms with Crippen LogP contribution in [0.15, 0.2) is 41.3 Å². The summed E-state index contributed by atoms with van der Waals surface area (Å²) in [6, 6.07) is 7.91. The molecule has 9 heteroatoms. The lowest BCUT2D eigenvalue weighted by Crippen LogP contribution is -2.22. The first-order valence-corrected chi connectivity index (χ1v) is 9.89. The molecule has 0 saturated heterocycles. The zero-order valence-electron chi connectivity index (χ0n) is 18.5. The number of carbonyl (C=O) groups is 1. The van der Waals surface area contributed by atoms with Crippen molar-refractivity contribution in [3.05, 3.63) is 63.8 Å². The van der Waals surface area contributed by atoms with E-state index in [0.717, 1.165) is 5.56 Å². The second kappa shape index (κ2) is 13.2. The molecule has 2 aromatic heterocycles. The molecule has 0 aliphatic heterocycles. The number of hydrogen-bond acceptors (Lipinski definition) is 7. The SMILES string of the molecule is CC.CNOCCN.Cc1ccc(Nc2c(C=O)c3ncccc3c(=O)n2C)c(F)c1. The van der Waals surface area contributed by atoms with Gasteiger partial charge < -0.3 is 15.9 Å². The number of anilines is 2. The molecule has 31 heavy (non-hydrogen) atoms. The number of hydrogen-bond donors (Lipinski definition) is 3. The van der Waals surface area contributed by atoms with Gasteiger partial charge in [-0.3, -0.25) is 19.1 Å². The predicted octanol–water partition coefficient (Wildman–Crippen LogP) is 3.06. The Labute approximate surface area is 181 Å². The third kappa shape index (κ3) is 6.68. The quantitative estimate of drug-likeness (QED) is 0.312. The molecule has 2 heterocycles. The van der Waals surface area contributed by atoms with Crippen LogP contribution in [0.2, 0.25) is 0 Å². The van der Waals surface area contributed by atoms with Gasteiger partial charge in [0.2, 0.25) is 0 Å². The van der Waals surface area contributed by atoms with E-state index in [2.05, 4.69) is 20.6 Å². The van der Waals surface area contributed by atoms with Gasteiger partial charge in [-0.1, -0.05) is 19.9 Å². The summed E-state index contributed by atoms with van der Waals surface area (Å²) >= 11 is 0. The average molecular weight is 432 g/mol. The number of fused-ring (bicyclic) bond motifs is 1. The average Bonchev–Trinajstić information content (AvgIpc) is 2.79. The minimum absolute atomic E-state index is 0.184. The van der Waals surface area contributed by atoms with Crippen LogP contribution in [0.3, 0.4) is 0 Å². The van der Waals surface area contributed by atoms with E-state index < -0.39 is 5.82 Å². The van der Waals surface area contributed by atoms with E-state index in [1.165, 1.54) is 23.9 Å². The molecular formula is C22H30FN5O3. The van der Waals surface area contributed by atoms with Crippen molar-refractivity contribution in [1.29, 1.82) is 0 Å². The molecule has 0 saturated carbocycles. The second-order valence-corrected chi connectivity index (χ2v) is 6.09. The molecule has 0 aliphatic carbocycles. The highest BCUT2D eigenvalue weighted by molar-refractivity contribution is 6.00. The molecular weight excluding hydrogens is 401 g/mol. The zero-order valence-corrected chi connectivity index (χ0v) is 18.5. The van der Waals surface area contributed by atoms with Crippen LogP contribution in [0.5, 0.6) is 0 Å². The highest BCUT2D eigenvalue weighted by atomic mass is 19.1. The van der Waals surface area contributed by atoms with Crippen LogP contribution >= 0.6 is 0 Å². The van der Waals surface area contributed by atoms with E-state index in [4.69, 9.17) is 5.73 Å². The Bertz CT molecular complexity index is 1050. The monoisotopic (exact) mass is 431 g/mol. The Balaban J connectivity index is 0.000000521. The first-order valence-electron chi connectivity index (χ1n) is 9.89. The van der Waals surface area contributed by atoms with Crippen LogP contribution in [0, 0.1) is 12.7 Å². The molecule has 0 radical (unpaired) electrons. The third-order valence-corrected chi connectivity index (χ3v) is 4.05. The summed E-state index contributed by atoms with van der Waals surface area (Å²) in [6.45, 7) is 6.93. The number of hydroxylamine groups is 1. The fourth-order valence-electron chi connectivity index (χ4n) is 2.64. The van der Waals surface area contributed by atoms with Crippen LogP contribution < -0.4 is 22.1 Å².